The van der Waals surface area contributed by atoms with Gasteiger partial charge in [-0.3, -0.25) is 5.10 Å². The van der Waals surface area contributed by atoms with Crippen LogP contribution in [-0.4, -0.2) is 35.6 Å². The van der Waals surface area contributed by atoms with Crippen LogP contribution in [0.1, 0.15) is 6.42 Å². The van der Waals surface area contributed by atoms with Crippen molar-refractivity contribution < 1.29 is 9.13 Å². The monoisotopic (exact) mass is 235 g/mol. The molecule has 3 rings (SSSR count). The van der Waals surface area contributed by atoms with E-state index in [9.17, 15) is 4.39 Å². The summed E-state index contributed by atoms with van der Waals surface area (Å²) in [5.74, 6) is 0.702. The lowest BCUT2D eigenvalue weighted by atomic mass is 10.1. The number of hydrogen-bond donors (Lipinski definition) is 2. The summed E-state index contributed by atoms with van der Waals surface area (Å²) in [5.41, 5.74) is 0.958. The molecule has 1 aliphatic rings. The molecule has 0 aliphatic carbocycles. The maximum Gasteiger partial charge on any atom is 0.149 e. The lowest BCUT2D eigenvalue weighted by Crippen LogP contribution is -2.44. The van der Waals surface area contributed by atoms with Gasteiger partial charge in [-0.2, -0.15) is 5.10 Å². The van der Waals surface area contributed by atoms with Gasteiger partial charge in [0.15, 0.2) is 0 Å². The Balaban J connectivity index is 1.79. The average molecular weight is 235 g/mol. The molecule has 0 spiro atoms. The molecule has 90 valence electrons. The number of aromatic nitrogens is 2. The van der Waals surface area contributed by atoms with E-state index in [0.29, 0.717) is 18.7 Å². The van der Waals surface area contributed by atoms with Crippen LogP contribution in [-0.2, 0) is 0 Å². The van der Waals surface area contributed by atoms with E-state index in [1.165, 1.54) is 0 Å². The van der Waals surface area contributed by atoms with E-state index in [4.69, 9.17) is 4.74 Å². The van der Waals surface area contributed by atoms with Crippen molar-refractivity contribution in [2.45, 2.75) is 18.7 Å². The number of nitrogens with zero attached hydrogens (tertiary/aromatic N) is 1. The molecule has 0 amide bonds. The summed E-state index contributed by atoms with van der Waals surface area (Å²) in [6, 6.07) is 5.62. The maximum absolute atomic E-state index is 13.6. The summed E-state index contributed by atoms with van der Waals surface area (Å²) in [4.78, 5) is 0. The summed E-state index contributed by atoms with van der Waals surface area (Å²) < 4.78 is 19.3. The first-order chi connectivity index (χ1) is 8.33. The summed E-state index contributed by atoms with van der Waals surface area (Å²) in [7, 11) is 0. The van der Waals surface area contributed by atoms with E-state index >= 15 is 0 Å². The van der Waals surface area contributed by atoms with Crippen molar-refractivity contribution in [1.82, 2.24) is 15.5 Å². The minimum absolute atomic E-state index is 0.347. The number of nitrogens with one attached hydrogen (secondary N) is 2. The van der Waals surface area contributed by atoms with Gasteiger partial charge < -0.3 is 10.1 Å². The molecule has 5 heteroatoms. The van der Waals surface area contributed by atoms with Crippen LogP contribution < -0.4 is 10.1 Å². The zero-order valence-corrected chi connectivity index (χ0v) is 9.32. The minimum atomic E-state index is -0.941. The first-order valence-corrected chi connectivity index (χ1v) is 5.77. The highest BCUT2D eigenvalue weighted by atomic mass is 19.1. The van der Waals surface area contributed by atoms with Gasteiger partial charge in [0.05, 0.1) is 11.7 Å². The highest BCUT2D eigenvalue weighted by molar-refractivity contribution is 5.79. The molecule has 1 saturated heterocycles. The quantitative estimate of drug-likeness (QED) is 0.832. The van der Waals surface area contributed by atoms with E-state index in [1.54, 1.807) is 6.20 Å². The second-order valence-corrected chi connectivity index (χ2v) is 4.28. The topological polar surface area (TPSA) is 49.9 Å². The molecule has 0 radical (unpaired) electrons. The molecule has 2 atom stereocenters. The van der Waals surface area contributed by atoms with Crippen molar-refractivity contribution in [3.8, 4) is 5.75 Å². The molecule has 2 N–H and O–H groups in total. The number of hydrogen-bond acceptors (Lipinski definition) is 3. The van der Waals surface area contributed by atoms with Crippen molar-refractivity contribution in [1.29, 1.82) is 0 Å². The fraction of sp³-hybridized carbons (Fsp3) is 0.417. The Morgan fingerprint density at radius 3 is 3.24 bits per heavy atom. The molecule has 2 aromatic rings. The van der Waals surface area contributed by atoms with Gasteiger partial charge in [-0.05, 0) is 31.2 Å². The van der Waals surface area contributed by atoms with Gasteiger partial charge in [-0.15, -0.1) is 0 Å². The Morgan fingerprint density at radius 1 is 1.41 bits per heavy atom. The van der Waals surface area contributed by atoms with Gasteiger partial charge >= 0.3 is 0 Å². The molecule has 1 aliphatic heterocycles. The van der Waals surface area contributed by atoms with Gasteiger partial charge in [0.25, 0.3) is 0 Å². The number of aromatic amines is 1. The third-order valence-electron chi connectivity index (χ3n) is 3.05. The van der Waals surface area contributed by atoms with Crippen molar-refractivity contribution in [2.24, 2.45) is 0 Å². The van der Waals surface area contributed by atoms with E-state index in [0.717, 1.165) is 17.4 Å². The maximum atomic E-state index is 13.6. The summed E-state index contributed by atoms with van der Waals surface area (Å²) >= 11 is 0. The average Bonchev–Trinajstić information content (AvgIpc) is 2.79. The van der Waals surface area contributed by atoms with Crippen LogP contribution in [0, 0.1) is 0 Å². The number of piperidine rings is 1. The molecule has 17 heavy (non-hydrogen) atoms. The molecule has 1 fully saturated rings. The Hall–Kier alpha value is -1.62. The predicted molar refractivity (Wildman–Crippen MR) is 62.9 cm³/mol. The second kappa shape index (κ2) is 4.33. The normalized spacial score (nSPS) is 25.0. The number of benzene rings is 1. The van der Waals surface area contributed by atoms with E-state index in [1.807, 2.05) is 18.2 Å². The van der Waals surface area contributed by atoms with Crippen LogP contribution in [0.25, 0.3) is 10.9 Å². The summed E-state index contributed by atoms with van der Waals surface area (Å²) in [6.45, 7) is 1.18. The van der Waals surface area contributed by atoms with Gasteiger partial charge in [0.2, 0.25) is 0 Å². The number of rotatable bonds is 2. The minimum Gasteiger partial charge on any atom is -0.487 e. The fourth-order valence-corrected chi connectivity index (χ4v) is 2.10. The predicted octanol–water partition coefficient (Wildman–Crippen LogP) is 1.64. The van der Waals surface area contributed by atoms with Crippen LogP contribution in [0.5, 0.6) is 5.75 Å². The first kappa shape index (κ1) is 10.5. The molecular weight excluding hydrogens is 221 g/mol. The zero-order chi connectivity index (χ0) is 11.7. The number of halogens is 1. The molecule has 0 saturated carbocycles. The van der Waals surface area contributed by atoms with E-state index in [2.05, 4.69) is 15.5 Å². The molecule has 1 aromatic carbocycles. The van der Waals surface area contributed by atoms with Crippen molar-refractivity contribution in [3.05, 3.63) is 24.4 Å². The summed E-state index contributed by atoms with van der Waals surface area (Å²) in [5, 5.41) is 10.8. The largest absolute Gasteiger partial charge is 0.487 e. The Kier molecular flexibility index (Phi) is 2.68. The third-order valence-corrected chi connectivity index (χ3v) is 3.05. The smallest absolute Gasteiger partial charge is 0.149 e. The van der Waals surface area contributed by atoms with Crippen molar-refractivity contribution >= 4 is 10.9 Å². The van der Waals surface area contributed by atoms with Crippen LogP contribution in [0.15, 0.2) is 24.4 Å². The fourth-order valence-electron chi connectivity index (χ4n) is 2.10. The SMILES string of the molecule is FC1CNCCC1Oc1ccc2[nH]ncc2c1. The van der Waals surface area contributed by atoms with Crippen LogP contribution in [0.3, 0.4) is 0 Å². The highest BCUT2D eigenvalue weighted by Crippen LogP contribution is 2.22. The standard InChI is InChI=1S/C12H14FN3O/c13-10-7-14-4-3-12(10)17-9-1-2-11-8(5-9)6-15-16-11/h1-2,5-6,10,12,14H,3-4,7H2,(H,15,16). The lowest BCUT2D eigenvalue weighted by molar-refractivity contribution is 0.0733. The lowest BCUT2D eigenvalue weighted by Gasteiger charge is -2.27. The van der Waals surface area contributed by atoms with Crippen molar-refractivity contribution in [2.75, 3.05) is 13.1 Å². The van der Waals surface area contributed by atoms with Crippen LogP contribution >= 0.6 is 0 Å². The number of H-pyrrole nitrogens is 1. The van der Waals surface area contributed by atoms with Crippen molar-refractivity contribution in [3.63, 3.8) is 0 Å². The molecular formula is C12H14FN3O. The van der Waals surface area contributed by atoms with E-state index in [-0.39, 0.29) is 6.10 Å². The Labute approximate surface area is 98.2 Å². The Morgan fingerprint density at radius 2 is 2.35 bits per heavy atom. The van der Waals surface area contributed by atoms with Gasteiger partial charge in [0, 0.05) is 11.9 Å². The van der Waals surface area contributed by atoms with Gasteiger partial charge in [0.1, 0.15) is 18.0 Å². The third kappa shape index (κ3) is 2.10. The van der Waals surface area contributed by atoms with Crippen LogP contribution in [0.4, 0.5) is 4.39 Å². The number of alkyl halides is 1. The second-order valence-electron chi connectivity index (χ2n) is 4.28. The van der Waals surface area contributed by atoms with E-state index < -0.39 is 6.17 Å². The first-order valence-electron chi connectivity index (χ1n) is 5.77. The van der Waals surface area contributed by atoms with Gasteiger partial charge in [-0.25, -0.2) is 4.39 Å². The molecule has 4 nitrogen and oxygen atoms in total. The van der Waals surface area contributed by atoms with Crippen LogP contribution in [0.2, 0.25) is 0 Å². The number of fused-ring (bicyclic) bond motifs is 1. The molecule has 1 aromatic heterocycles. The van der Waals surface area contributed by atoms with Gasteiger partial charge in [-0.1, -0.05) is 0 Å². The highest BCUT2D eigenvalue weighted by Gasteiger charge is 2.26. The molecule has 2 unspecified atom stereocenters. The number of ether oxygens (including phenoxy) is 1. The zero-order valence-electron chi connectivity index (χ0n) is 9.32. The molecule has 2 heterocycles. The Bertz CT molecular complexity index is 513. The summed E-state index contributed by atoms with van der Waals surface area (Å²) in [6.07, 6.45) is 1.15. The molecule has 0 bridgehead atoms.